The second-order valence-electron chi connectivity index (χ2n) is 9.83. The van der Waals surface area contributed by atoms with E-state index in [1.54, 1.807) is 18.2 Å². The summed E-state index contributed by atoms with van der Waals surface area (Å²) in [7, 11) is -3.92. The third-order valence-electron chi connectivity index (χ3n) is 5.71. The van der Waals surface area contributed by atoms with Crippen LogP contribution in [-0.4, -0.2) is 42.8 Å². The summed E-state index contributed by atoms with van der Waals surface area (Å²) < 4.78 is 76.1. The number of ether oxygens (including phenoxy) is 1. The molecule has 4 rings (SSSR count). The molecule has 0 saturated heterocycles. The van der Waals surface area contributed by atoms with Gasteiger partial charge in [0.05, 0.1) is 4.90 Å². The molecule has 0 saturated carbocycles. The Morgan fingerprint density at radius 3 is 2.54 bits per heavy atom. The van der Waals surface area contributed by atoms with Crippen LogP contribution in [0.4, 0.5) is 19.0 Å². The SMILES string of the molecule is CC(C)(C)c1onc(NS(=O)(=O)c2ccc3c(c2)CN(Cc2ccc(OCC(F)(F)F)nc2)CC3)c1Br. The molecule has 0 bridgehead atoms. The summed E-state index contributed by atoms with van der Waals surface area (Å²) >= 11 is 3.38. The number of rotatable bonds is 7. The summed E-state index contributed by atoms with van der Waals surface area (Å²) in [6.45, 7) is 6.14. The number of alkyl halides is 3. The quantitative estimate of drug-likeness (QED) is 0.385. The van der Waals surface area contributed by atoms with E-state index in [2.05, 4.69) is 40.4 Å². The van der Waals surface area contributed by atoms with Gasteiger partial charge in [-0.3, -0.25) is 9.62 Å². The van der Waals surface area contributed by atoms with Crippen LogP contribution in [0.5, 0.6) is 5.88 Å². The maximum atomic E-state index is 13.1. The van der Waals surface area contributed by atoms with E-state index in [0.717, 1.165) is 29.7 Å². The van der Waals surface area contributed by atoms with Crippen LogP contribution in [-0.2, 0) is 34.9 Å². The molecule has 0 amide bonds. The molecule has 1 aliphatic rings. The predicted octanol–water partition coefficient (Wildman–Crippen LogP) is 5.43. The van der Waals surface area contributed by atoms with Crippen LogP contribution in [0, 0.1) is 0 Å². The number of fused-ring (bicyclic) bond motifs is 1. The van der Waals surface area contributed by atoms with Gasteiger partial charge in [-0.2, -0.15) is 13.2 Å². The monoisotopic (exact) mass is 602 g/mol. The number of aromatic nitrogens is 2. The summed E-state index contributed by atoms with van der Waals surface area (Å²) in [6, 6.07) is 8.10. The Bertz CT molecular complexity index is 1370. The molecule has 3 heterocycles. The molecule has 1 aromatic carbocycles. The molecule has 8 nitrogen and oxygen atoms in total. The minimum atomic E-state index is -4.43. The third kappa shape index (κ3) is 6.82. The van der Waals surface area contributed by atoms with Crippen molar-refractivity contribution in [2.45, 2.75) is 56.8 Å². The number of nitrogens with one attached hydrogen (secondary N) is 1. The van der Waals surface area contributed by atoms with Gasteiger partial charge in [0.2, 0.25) is 5.88 Å². The van der Waals surface area contributed by atoms with Crippen LogP contribution < -0.4 is 9.46 Å². The lowest BCUT2D eigenvalue weighted by Crippen LogP contribution is -2.30. The van der Waals surface area contributed by atoms with Crippen molar-refractivity contribution in [2.24, 2.45) is 0 Å². The van der Waals surface area contributed by atoms with Gasteiger partial charge in [0.15, 0.2) is 18.2 Å². The molecule has 200 valence electrons. The van der Waals surface area contributed by atoms with Crippen molar-refractivity contribution in [3.8, 4) is 5.88 Å². The summed E-state index contributed by atoms with van der Waals surface area (Å²) in [4.78, 5) is 6.17. The van der Waals surface area contributed by atoms with Crippen molar-refractivity contribution in [2.75, 3.05) is 17.9 Å². The highest BCUT2D eigenvalue weighted by Crippen LogP contribution is 2.36. The Labute approximate surface area is 221 Å². The fourth-order valence-corrected chi connectivity index (χ4v) is 5.92. The normalized spacial score (nSPS) is 14.9. The number of anilines is 1. The molecule has 0 radical (unpaired) electrons. The predicted molar refractivity (Wildman–Crippen MR) is 134 cm³/mol. The number of benzene rings is 1. The first kappa shape index (κ1) is 27.4. The molecular formula is C24H26BrF3N4O4S. The fourth-order valence-electron chi connectivity index (χ4n) is 3.89. The molecule has 0 fully saturated rings. The smallest absolute Gasteiger partial charge is 0.422 e. The summed E-state index contributed by atoms with van der Waals surface area (Å²) in [5, 5.41) is 3.88. The number of hydrogen-bond donors (Lipinski definition) is 1. The van der Waals surface area contributed by atoms with E-state index in [-0.39, 0.29) is 22.0 Å². The molecule has 0 spiro atoms. The van der Waals surface area contributed by atoms with Crippen molar-refractivity contribution >= 4 is 31.8 Å². The van der Waals surface area contributed by atoms with Gasteiger partial charge >= 0.3 is 6.18 Å². The van der Waals surface area contributed by atoms with Gasteiger partial charge in [-0.05, 0) is 51.2 Å². The lowest BCUT2D eigenvalue weighted by Gasteiger charge is -2.29. The highest BCUT2D eigenvalue weighted by atomic mass is 79.9. The average molecular weight is 603 g/mol. The van der Waals surface area contributed by atoms with Gasteiger partial charge < -0.3 is 9.26 Å². The van der Waals surface area contributed by atoms with E-state index in [9.17, 15) is 21.6 Å². The minimum absolute atomic E-state index is 0.0828. The van der Waals surface area contributed by atoms with Gasteiger partial charge in [0.25, 0.3) is 10.0 Å². The number of halogens is 4. The zero-order valence-electron chi connectivity index (χ0n) is 20.4. The molecule has 0 aliphatic carbocycles. The first-order valence-corrected chi connectivity index (χ1v) is 13.7. The zero-order valence-corrected chi connectivity index (χ0v) is 22.8. The van der Waals surface area contributed by atoms with Gasteiger partial charge in [-0.1, -0.05) is 38.1 Å². The van der Waals surface area contributed by atoms with E-state index in [1.165, 1.54) is 12.3 Å². The van der Waals surface area contributed by atoms with Crippen molar-refractivity contribution < 1.29 is 30.8 Å². The van der Waals surface area contributed by atoms with Crippen molar-refractivity contribution in [3.05, 3.63) is 63.5 Å². The average Bonchev–Trinajstić information content (AvgIpc) is 3.17. The molecule has 0 unspecified atom stereocenters. The molecule has 37 heavy (non-hydrogen) atoms. The largest absolute Gasteiger partial charge is 0.468 e. The lowest BCUT2D eigenvalue weighted by molar-refractivity contribution is -0.154. The second kappa shape index (κ2) is 10.3. The van der Waals surface area contributed by atoms with Gasteiger partial charge in [0.1, 0.15) is 4.47 Å². The zero-order chi connectivity index (χ0) is 27.0. The highest BCUT2D eigenvalue weighted by Gasteiger charge is 2.29. The number of hydrogen-bond acceptors (Lipinski definition) is 7. The second-order valence-corrected chi connectivity index (χ2v) is 12.3. The maximum absolute atomic E-state index is 13.1. The molecular weight excluding hydrogens is 577 g/mol. The summed E-state index contributed by atoms with van der Waals surface area (Å²) in [5.74, 6) is 0.515. The minimum Gasteiger partial charge on any atom is -0.468 e. The number of pyridine rings is 1. The fraction of sp³-hybridized carbons (Fsp3) is 0.417. The standard InChI is InChI=1S/C24H26BrF3N4O4S/c1-23(2,3)21-20(25)22(30-36-21)31-37(33,34)18-6-5-16-8-9-32(13-17(16)10-18)12-15-4-7-19(29-11-15)35-14-24(26,27)28/h4-7,10-11H,8-9,12-14H2,1-3H3,(H,30,31). The molecule has 3 aromatic rings. The van der Waals surface area contributed by atoms with Crippen LogP contribution >= 0.6 is 15.9 Å². The van der Waals surface area contributed by atoms with Gasteiger partial charge in [-0.25, -0.2) is 13.4 Å². The lowest BCUT2D eigenvalue weighted by atomic mass is 9.93. The van der Waals surface area contributed by atoms with Crippen LogP contribution in [0.15, 0.2) is 50.4 Å². The van der Waals surface area contributed by atoms with Crippen molar-refractivity contribution in [3.63, 3.8) is 0 Å². The molecule has 0 atom stereocenters. The van der Waals surface area contributed by atoms with Crippen LogP contribution in [0.2, 0.25) is 0 Å². The van der Waals surface area contributed by atoms with Gasteiger partial charge in [0, 0.05) is 37.3 Å². The Kier molecular flexibility index (Phi) is 7.59. The summed E-state index contributed by atoms with van der Waals surface area (Å²) in [5.41, 5.74) is 2.37. The number of sulfonamides is 1. The van der Waals surface area contributed by atoms with Crippen LogP contribution in [0.25, 0.3) is 0 Å². The Hall–Kier alpha value is -2.64. The molecule has 1 aliphatic heterocycles. The van der Waals surface area contributed by atoms with Crippen LogP contribution in [0.1, 0.15) is 43.2 Å². The van der Waals surface area contributed by atoms with E-state index in [0.29, 0.717) is 23.3 Å². The summed E-state index contributed by atoms with van der Waals surface area (Å²) in [6.07, 6.45) is -2.22. The molecule has 2 aromatic heterocycles. The van der Waals surface area contributed by atoms with Crippen molar-refractivity contribution in [1.29, 1.82) is 0 Å². The third-order valence-corrected chi connectivity index (χ3v) is 7.79. The first-order chi connectivity index (χ1) is 17.2. The van der Waals surface area contributed by atoms with Crippen LogP contribution in [0.3, 0.4) is 0 Å². The van der Waals surface area contributed by atoms with Crippen molar-refractivity contribution in [1.82, 2.24) is 15.0 Å². The van der Waals surface area contributed by atoms with E-state index in [4.69, 9.17) is 4.52 Å². The first-order valence-electron chi connectivity index (χ1n) is 11.4. The van der Waals surface area contributed by atoms with E-state index in [1.807, 2.05) is 26.8 Å². The Morgan fingerprint density at radius 1 is 1.16 bits per heavy atom. The molecule has 13 heteroatoms. The Morgan fingerprint density at radius 2 is 1.92 bits per heavy atom. The Balaban J connectivity index is 1.44. The van der Waals surface area contributed by atoms with E-state index >= 15 is 0 Å². The maximum Gasteiger partial charge on any atom is 0.422 e. The highest BCUT2D eigenvalue weighted by molar-refractivity contribution is 9.10. The topological polar surface area (TPSA) is 97.6 Å². The van der Waals surface area contributed by atoms with E-state index < -0.39 is 22.8 Å². The number of nitrogens with zero attached hydrogens (tertiary/aromatic N) is 3. The molecule has 1 N–H and O–H groups in total. The van der Waals surface area contributed by atoms with Gasteiger partial charge in [-0.15, -0.1) is 0 Å².